The van der Waals surface area contributed by atoms with Gasteiger partial charge in [0, 0.05) is 17.3 Å². The topological polar surface area (TPSA) is 114 Å². The molecule has 0 aliphatic carbocycles. The number of carbonyl (C=O) groups excluding carboxylic acids is 1. The molecule has 2 aromatic rings. The number of aromatic amines is 1. The highest BCUT2D eigenvalue weighted by atomic mass is 32.2. The van der Waals surface area contributed by atoms with Crippen molar-refractivity contribution in [3.63, 3.8) is 0 Å². The Bertz CT molecular complexity index is 1040. The van der Waals surface area contributed by atoms with Crippen molar-refractivity contribution in [1.82, 2.24) is 14.8 Å². The molecule has 1 fully saturated rings. The van der Waals surface area contributed by atoms with Gasteiger partial charge in [0.1, 0.15) is 5.82 Å². The lowest BCUT2D eigenvalue weighted by Crippen LogP contribution is -2.20. The summed E-state index contributed by atoms with van der Waals surface area (Å²) in [5.74, 6) is 0.660. The van der Waals surface area contributed by atoms with Crippen LogP contribution in [-0.2, 0) is 14.6 Å². The zero-order chi connectivity index (χ0) is 18.5. The highest BCUT2D eigenvalue weighted by Crippen LogP contribution is 2.43. The predicted molar refractivity (Wildman–Crippen MR) is 99.3 cm³/mol. The van der Waals surface area contributed by atoms with Crippen LogP contribution in [0.4, 0.5) is 5.82 Å². The molecule has 26 heavy (non-hydrogen) atoms. The molecule has 0 unspecified atom stereocenters. The Balaban J connectivity index is 1.86. The molecule has 2 atom stereocenters. The number of H-pyrrole nitrogens is 1. The summed E-state index contributed by atoms with van der Waals surface area (Å²) in [6, 6.07) is 3.19. The minimum Gasteiger partial charge on any atom is -0.329 e. The molecule has 0 aromatic carbocycles. The monoisotopic (exact) mass is 394 g/mol. The van der Waals surface area contributed by atoms with E-state index in [-0.39, 0.29) is 40.0 Å². The molecule has 1 saturated heterocycles. The van der Waals surface area contributed by atoms with Crippen LogP contribution in [0.5, 0.6) is 0 Å². The fourth-order valence-corrected chi connectivity index (χ4v) is 6.42. The van der Waals surface area contributed by atoms with Gasteiger partial charge >= 0.3 is 0 Å². The van der Waals surface area contributed by atoms with E-state index >= 15 is 0 Å². The standard InChI is InChI=1S/C16H18N4O4S2/c1-9-13-14(11-3-2-5-17-16(11)22)25-7-12(21)18-15(13)20(19-9)10-4-6-26(23,24)8-10/h2-3,5,10,14H,4,6-8H2,1H3,(H,17,22)(H,18,21)/t10-,14+/m0/s1. The van der Waals surface area contributed by atoms with Gasteiger partial charge in [-0.25, -0.2) is 13.1 Å². The Kier molecular flexibility index (Phi) is 4.19. The summed E-state index contributed by atoms with van der Waals surface area (Å²) in [6.07, 6.45) is 2.03. The van der Waals surface area contributed by atoms with Crippen LogP contribution < -0.4 is 10.9 Å². The van der Waals surface area contributed by atoms with E-state index in [2.05, 4.69) is 15.4 Å². The van der Waals surface area contributed by atoms with Crippen LogP contribution >= 0.6 is 11.8 Å². The van der Waals surface area contributed by atoms with E-state index in [1.807, 2.05) is 6.92 Å². The number of aryl methyl sites for hydroxylation is 1. The maximum atomic E-state index is 12.3. The number of hydrogen-bond donors (Lipinski definition) is 2. The van der Waals surface area contributed by atoms with Gasteiger partial charge in [-0.15, -0.1) is 11.8 Å². The smallest absolute Gasteiger partial charge is 0.252 e. The largest absolute Gasteiger partial charge is 0.329 e. The first-order valence-corrected chi connectivity index (χ1v) is 11.1. The molecule has 0 saturated carbocycles. The second-order valence-corrected chi connectivity index (χ2v) is 9.87. The van der Waals surface area contributed by atoms with Crippen LogP contribution in [0, 0.1) is 6.92 Å². The molecule has 0 bridgehead atoms. The SMILES string of the molecule is Cc1nn([C@H]2CCS(=O)(=O)C2)c2c1[C@@H](c1ccc[nH]c1=O)SCC(=O)N2. The van der Waals surface area contributed by atoms with Crippen molar-refractivity contribution in [2.24, 2.45) is 0 Å². The molecular weight excluding hydrogens is 376 g/mol. The Morgan fingerprint density at radius 1 is 1.35 bits per heavy atom. The molecule has 0 spiro atoms. The molecule has 0 radical (unpaired) electrons. The number of sulfone groups is 1. The lowest BCUT2D eigenvalue weighted by atomic mass is 10.1. The van der Waals surface area contributed by atoms with E-state index in [9.17, 15) is 18.0 Å². The average Bonchev–Trinajstić information content (AvgIpc) is 3.03. The summed E-state index contributed by atoms with van der Waals surface area (Å²) in [7, 11) is -3.09. The third kappa shape index (κ3) is 2.96. The second kappa shape index (κ2) is 6.27. The minimum atomic E-state index is -3.09. The summed E-state index contributed by atoms with van der Waals surface area (Å²) >= 11 is 1.37. The van der Waals surface area contributed by atoms with Crippen LogP contribution in [0.3, 0.4) is 0 Å². The minimum absolute atomic E-state index is 0.0140. The van der Waals surface area contributed by atoms with Crippen LogP contribution in [0.2, 0.25) is 0 Å². The lowest BCUT2D eigenvalue weighted by Gasteiger charge is -2.16. The van der Waals surface area contributed by atoms with Gasteiger partial charge in [0.25, 0.3) is 5.56 Å². The van der Waals surface area contributed by atoms with Crippen molar-refractivity contribution >= 4 is 33.3 Å². The van der Waals surface area contributed by atoms with Gasteiger partial charge in [0.15, 0.2) is 9.84 Å². The number of nitrogens with zero attached hydrogens (tertiary/aromatic N) is 2. The normalized spacial score (nSPS) is 24.7. The van der Waals surface area contributed by atoms with E-state index in [0.717, 1.165) is 5.56 Å². The molecule has 1 amide bonds. The van der Waals surface area contributed by atoms with Gasteiger partial charge in [0.05, 0.1) is 34.2 Å². The Morgan fingerprint density at radius 2 is 2.15 bits per heavy atom. The summed E-state index contributed by atoms with van der Waals surface area (Å²) in [5, 5.41) is 7.06. The number of carbonyl (C=O) groups is 1. The quantitative estimate of drug-likeness (QED) is 0.786. The van der Waals surface area contributed by atoms with Crippen LogP contribution in [-0.4, -0.2) is 46.3 Å². The third-order valence-electron chi connectivity index (χ3n) is 4.72. The number of thioether (sulfide) groups is 1. The Morgan fingerprint density at radius 3 is 2.85 bits per heavy atom. The number of hydrogen-bond acceptors (Lipinski definition) is 6. The summed E-state index contributed by atoms with van der Waals surface area (Å²) in [5.41, 5.74) is 1.80. The number of amides is 1. The highest BCUT2D eigenvalue weighted by Gasteiger charge is 2.36. The third-order valence-corrected chi connectivity index (χ3v) is 7.72. The first-order valence-electron chi connectivity index (χ1n) is 8.24. The molecule has 2 aliphatic heterocycles. The summed E-state index contributed by atoms with van der Waals surface area (Å²) in [6.45, 7) is 1.82. The van der Waals surface area contributed by atoms with E-state index < -0.39 is 9.84 Å². The summed E-state index contributed by atoms with van der Waals surface area (Å²) in [4.78, 5) is 27.2. The zero-order valence-electron chi connectivity index (χ0n) is 14.1. The Hall–Kier alpha value is -2.07. The van der Waals surface area contributed by atoms with Crippen molar-refractivity contribution in [3.05, 3.63) is 45.5 Å². The van der Waals surface area contributed by atoms with Crippen molar-refractivity contribution < 1.29 is 13.2 Å². The maximum Gasteiger partial charge on any atom is 0.252 e. The molecule has 138 valence electrons. The van der Waals surface area contributed by atoms with Crippen LogP contribution in [0.15, 0.2) is 23.1 Å². The Labute approximate surface area is 154 Å². The van der Waals surface area contributed by atoms with Crippen LogP contribution in [0.1, 0.15) is 34.5 Å². The zero-order valence-corrected chi connectivity index (χ0v) is 15.7. The molecule has 4 heterocycles. The van der Waals surface area contributed by atoms with Gasteiger partial charge in [-0.2, -0.15) is 5.10 Å². The lowest BCUT2D eigenvalue weighted by molar-refractivity contribution is -0.113. The summed E-state index contributed by atoms with van der Waals surface area (Å²) < 4.78 is 25.4. The van der Waals surface area contributed by atoms with Gasteiger partial charge < -0.3 is 10.3 Å². The molecule has 4 rings (SSSR count). The van der Waals surface area contributed by atoms with Gasteiger partial charge in [-0.3, -0.25) is 9.59 Å². The fraction of sp³-hybridized carbons (Fsp3) is 0.438. The average molecular weight is 394 g/mol. The van der Waals surface area contributed by atoms with Gasteiger partial charge in [-0.1, -0.05) is 6.07 Å². The molecule has 2 aliphatic rings. The molecule has 8 nitrogen and oxygen atoms in total. The van der Waals surface area contributed by atoms with Crippen molar-refractivity contribution in [3.8, 4) is 0 Å². The number of fused-ring (bicyclic) bond motifs is 1. The number of anilines is 1. The van der Waals surface area contributed by atoms with Crippen molar-refractivity contribution in [1.29, 1.82) is 0 Å². The van der Waals surface area contributed by atoms with E-state index in [1.165, 1.54) is 11.8 Å². The second-order valence-electron chi connectivity index (χ2n) is 6.54. The number of rotatable bonds is 2. The molecule has 10 heteroatoms. The number of nitrogens with one attached hydrogen (secondary N) is 2. The van der Waals surface area contributed by atoms with E-state index in [4.69, 9.17) is 0 Å². The van der Waals surface area contributed by atoms with Crippen LogP contribution in [0.25, 0.3) is 0 Å². The molecule has 2 N–H and O–H groups in total. The maximum absolute atomic E-state index is 12.3. The first-order chi connectivity index (χ1) is 12.4. The van der Waals surface area contributed by atoms with E-state index in [1.54, 1.807) is 23.0 Å². The predicted octanol–water partition coefficient (Wildman–Crippen LogP) is 1.01. The highest BCUT2D eigenvalue weighted by molar-refractivity contribution is 8.00. The molecule has 2 aromatic heterocycles. The number of aromatic nitrogens is 3. The number of pyridine rings is 1. The van der Waals surface area contributed by atoms with Gasteiger partial charge in [-0.05, 0) is 19.4 Å². The van der Waals surface area contributed by atoms with Crippen molar-refractivity contribution in [2.75, 3.05) is 22.6 Å². The van der Waals surface area contributed by atoms with E-state index in [0.29, 0.717) is 23.5 Å². The van der Waals surface area contributed by atoms with Crippen molar-refractivity contribution in [2.45, 2.75) is 24.6 Å². The fourth-order valence-electron chi connectivity index (χ4n) is 3.53. The molecular formula is C16H18N4O4S2. The first kappa shape index (κ1) is 17.3. The van der Waals surface area contributed by atoms with Gasteiger partial charge in [0.2, 0.25) is 5.91 Å².